The van der Waals surface area contributed by atoms with Gasteiger partial charge in [0.05, 0.1) is 6.10 Å². The van der Waals surface area contributed by atoms with E-state index in [2.05, 4.69) is 40.2 Å². The van der Waals surface area contributed by atoms with Crippen molar-refractivity contribution in [3.63, 3.8) is 0 Å². The third kappa shape index (κ3) is 4.15. The van der Waals surface area contributed by atoms with Crippen LogP contribution < -0.4 is 0 Å². The van der Waals surface area contributed by atoms with Gasteiger partial charge in [0, 0.05) is 18.9 Å². The van der Waals surface area contributed by atoms with Gasteiger partial charge in [0.15, 0.2) is 0 Å². The maximum absolute atomic E-state index is 10.5. The summed E-state index contributed by atoms with van der Waals surface area (Å²) in [5.41, 5.74) is 2.55. The zero-order valence-corrected chi connectivity index (χ0v) is 12.9. The van der Waals surface area contributed by atoms with Crippen LogP contribution in [0.15, 0.2) is 54.9 Å². The van der Waals surface area contributed by atoms with Gasteiger partial charge in [-0.3, -0.25) is 9.88 Å². The number of hydrogen-bond acceptors (Lipinski definition) is 3. The van der Waals surface area contributed by atoms with E-state index in [-0.39, 0.29) is 6.10 Å². The average molecular weight is 296 g/mol. The fraction of sp³-hybridized carbons (Fsp3) is 0.421. The van der Waals surface area contributed by atoms with E-state index in [4.69, 9.17) is 0 Å². The molecule has 1 aromatic heterocycles. The van der Waals surface area contributed by atoms with Gasteiger partial charge in [0.2, 0.25) is 0 Å². The van der Waals surface area contributed by atoms with E-state index in [1.54, 1.807) is 12.4 Å². The van der Waals surface area contributed by atoms with E-state index in [0.717, 1.165) is 38.9 Å². The second kappa shape index (κ2) is 7.52. The SMILES string of the molecule is OC(Cc1ccncc1)C1CCN(Cc2ccccc2)CC1. The van der Waals surface area contributed by atoms with Crippen molar-refractivity contribution in [1.29, 1.82) is 0 Å². The first-order valence-corrected chi connectivity index (χ1v) is 8.14. The van der Waals surface area contributed by atoms with E-state index in [1.165, 1.54) is 11.1 Å². The van der Waals surface area contributed by atoms with Crippen LogP contribution in [0.4, 0.5) is 0 Å². The van der Waals surface area contributed by atoms with Gasteiger partial charge >= 0.3 is 0 Å². The summed E-state index contributed by atoms with van der Waals surface area (Å²) in [6, 6.07) is 14.6. The summed E-state index contributed by atoms with van der Waals surface area (Å²) < 4.78 is 0. The molecule has 116 valence electrons. The monoisotopic (exact) mass is 296 g/mol. The number of benzene rings is 1. The lowest BCUT2D eigenvalue weighted by Gasteiger charge is -2.34. The molecule has 0 radical (unpaired) electrons. The fourth-order valence-corrected chi connectivity index (χ4v) is 3.26. The van der Waals surface area contributed by atoms with Crippen molar-refractivity contribution in [2.45, 2.75) is 31.9 Å². The number of rotatable bonds is 5. The van der Waals surface area contributed by atoms with Crippen LogP contribution >= 0.6 is 0 Å². The van der Waals surface area contributed by atoms with Gasteiger partial charge in [-0.2, -0.15) is 0 Å². The molecule has 0 aliphatic carbocycles. The summed E-state index contributed by atoms with van der Waals surface area (Å²) in [4.78, 5) is 6.52. The van der Waals surface area contributed by atoms with Gasteiger partial charge in [0.25, 0.3) is 0 Å². The minimum atomic E-state index is -0.235. The van der Waals surface area contributed by atoms with E-state index in [0.29, 0.717) is 5.92 Å². The second-order valence-corrected chi connectivity index (χ2v) is 6.23. The van der Waals surface area contributed by atoms with E-state index < -0.39 is 0 Å². The summed E-state index contributed by atoms with van der Waals surface area (Å²) in [6.45, 7) is 3.17. The zero-order valence-electron chi connectivity index (χ0n) is 12.9. The quantitative estimate of drug-likeness (QED) is 0.921. The summed E-state index contributed by atoms with van der Waals surface area (Å²) in [6.07, 6.45) is 6.26. The third-order valence-electron chi connectivity index (χ3n) is 4.62. The fourth-order valence-electron chi connectivity index (χ4n) is 3.26. The number of aliphatic hydroxyl groups is 1. The highest BCUT2D eigenvalue weighted by Gasteiger charge is 2.25. The molecule has 1 fully saturated rings. The number of aromatic nitrogens is 1. The molecule has 3 nitrogen and oxygen atoms in total. The standard InChI is InChI=1S/C19H24N2O/c22-19(14-16-6-10-20-11-7-16)18-8-12-21(13-9-18)15-17-4-2-1-3-5-17/h1-7,10-11,18-19,22H,8-9,12-15H2. The van der Waals surface area contributed by atoms with Crippen LogP contribution in [0.25, 0.3) is 0 Å². The number of aliphatic hydroxyl groups excluding tert-OH is 1. The van der Waals surface area contributed by atoms with Gasteiger partial charge < -0.3 is 5.11 Å². The summed E-state index contributed by atoms with van der Waals surface area (Å²) in [5.74, 6) is 0.417. The second-order valence-electron chi connectivity index (χ2n) is 6.23. The Hall–Kier alpha value is -1.71. The van der Waals surface area contributed by atoms with Gasteiger partial charge in [-0.05, 0) is 61.5 Å². The topological polar surface area (TPSA) is 36.4 Å². The van der Waals surface area contributed by atoms with Gasteiger partial charge in [-0.1, -0.05) is 30.3 Å². The first kappa shape index (κ1) is 15.2. The van der Waals surface area contributed by atoms with Crippen molar-refractivity contribution in [2.75, 3.05) is 13.1 Å². The van der Waals surface area contributed by atoms with Crippen LogP contribution in [-0.4, -0.2) is 34.2 Å². The number of hydrogen-bond donors (Lipinski definition) is 1. The van der Waals surface area contributed by atoms with Crippen molar-refractivity contribution in [2.24, 2.45) is 5.92 Å². The van der Waals surface area contributed by atoms with E-state index >= 15 is 0 Å². The Labute approximate surface area is 132 Å². The van der Waals surface area contributed by atoms with Crippen molar-refractivity contribution in [1.82, 2.24) is 9.88 Å². The van der Waals surface area contributed by atoms with Crippen molar-refractivity contribution < 1.29 is 5.11 Å². The minimum absolute atomic E-state index is 0.235. The molecular formula is C19H24N2O. The highest BCUT2D eigenvalue weighted by molar-refractivity contribution is 5.14. The molecule has 1 aliphatic rings. The zero-order chi connectivity index (χ0) is 15.2. The molecule has 1 saturated heterocycles. The normalized spacial score (nSPS) is 18.2. The molecule has 0 amide bonds. The van der Waals surface area contributed by atoms with Crippen LogP contribution in [0.5, 0.6) is 0 Å². The molecule has 1 unspecified atom stereocenters. The maximum atomic E-state index is 10.5. The lowest BCUT2D eigenvalue weighted by molar-refractivity contribution is 0.0576. The molecule has 3 rings (SSSR count). The van der Waals surface area contributed by atoms with Crippen LogP contribution in [0.1, 0.15) is 24.0 Å². The first-order chi connectivity index (χ1) is 10.8. The minimum Gasteiger partial charge on any atom is -0.392 e. The maximum Gasteiger partial charge on any atom is 0.0609 e. The molecule has 1 aliphatic heterocycles. The Morgan fingerprint density at radius 1 is 1.00 bits per heavy atom. The predicted molar refractivity (Wildman–Crippen MR) is 88.4 cm³/mol. The molecule has 1 aromatic carbocycles. The Morgan fingerprint density at radius 3 is 2.36 bits per heavy atom. The van der Waals surface area contributed by atoms with Crippen LogP contribution in [0, 0.1) is 5.92 Å². The largest absolute Gasteiger partial charge is 0.392 e. The number of likely N-dealkylation sites (tertiary alicyclic amines) is 1. The Balaban J connectivity index is 1.47. The van der Waals surface area contributed by atoms with Crippen LogP contribution in [-0.2, 0) is 13.0 Å². The summed E-state index contributed by atoms with van der Waals surface area (Å²) in [5, 5.41) is 10.5. The molecule has 2 aromatic rings. The third-order valence-corrected chi connectivity index (χ3v) is 4.62. The Morgan fingerprint density at radius 2 is 1.68 bits per heavy atom. The molecule has 22 heavy (non-hydrogen) atoms. The average Bonchev–Trinajstić information content (AvgIpc) is 2.57. The summed E-state index contributed by atoms with van der Waals surface area (Å²) in [7, 11) is 0. The van der Waals surface area contributed by atoms with Crippen LogP contribution in [0.3, 0.4) is 0 Å². The molecule has 0 spiro atoms. The van der Waals surface area contributed by atoms with E-state index in [9.17, 15) is 5.11 Å². The van der Waals surface area contributed by atoms with Gasteiger partial charge in [-0.25, -0.2) is 0 Å². The predicted octanol–water partition coefficient (Wildman–Crippen LogP) is 2.90. The van der Waals surface area contributed by atoms with Gasteiger partial charge in [0.1, 0.15) is 0 Å². The first-order valence-electron chi connectivity index (χ1n) is 8.14. The van der Waals surface area contributed by atoms with Crippen molar-refractivity contribution >= 4 is 0 Å². The molecular weight excluding hydrogens is 272 g/mol. The lowest BCUT2D eigenvalue weighted by atomic mass is 9.88. The highest BCUT2D eigenvalue weighted by Crippen LogP contribution is 2.24. The molecule has 1 atom stereocenters. The van der Waals surface area contributed by atoms with Crippen molar-refractivity contribution in [3.8, 4) is 0 Å². The number of nitrogens with zero attached hydrogens (tertiary/aromatic N) is 2. The molecule has 1 N–H and O–H groups in total. The summed E-state index contributed by atoms with van der Waals surface area (Å²) >= 11 is 0. The Bertz CT molecular complexity index is 550. The lowest BCUT2D eigenvalue weighted by Crippen LogP contribution is -2.38. The molecule has 0 bridgehead atoms. The Kier molecular flexibility index (Phi) is 5.20. The molecule has 3 heteroatoms. The smallest absolute Gasteiger partial charge is 0.0609 e. The molecule has 2 heterocycles. The molecule has 0 saturated carbocycles. The van der Waals surface area contributed by atoms with Gasteiger partial charge in [-0.15, -0.1) is 0 Å². The van der Waals surface area contributed by atoms with E-state index in [1.807, 2.05) is 12.1 Å². The van der Waals surface area contributed by atoms with Crippen LogP contribution in [0.2, 0.25) is 0 Å². The number of piperidine rings is 1. The van der Waals surface area contributed by atoms with Crippen molar-refractivity contribution in [3.05, 3.63) is 66.0 Å². The number of pyridine rings is 1. The highest BCUT2D eigenvalue weighted by atomic mass is 16.3.